The first-order valence-corrected chi connectivity index (χ1v) is 27.8. The van der Waals surface area contributed by atoms with Crippen LogP contribution in [-0.4, -0.2) is 185 Å². The lowest BCUT2D eigenvalue weighted by molar-refractivity contribution is -0.0173. The van der Waals surface area contributed by atoms with Crippen molar-refractivity contribution in [3.05, 3.63) is 134 Å². The molecule has 4 saturated heterocycles. The Kier molecular flexibility index (Phi) is 20.4. The molecule has 0 radical (unpaired) electrons. The van der Waals surface area contributed by atoms with Crippen molar-refractivity contribution in [2.24, 2.45) is 0 Å². The highest BCUT2D eigenvalue weighted by Crippen LogP contribution is 2.34. The summed E-state index contributed by atoms with van der Waals surface area (Å²) in [5, 5.41) is 27.1. The van der Waals surface area contributed by atoms with Crippen LogP contribution in [0.1, 0.15) is 55.3 Å². The Bertz CT molecular complexity index is 2990. The maximum Gasteiger partial charge on any atom is 0.410 e. The molecular weight excluding hydrogens is 1130 g/mol. The van der Waals surface area contributed by atoms with Gasteiger partial charge in [-0.3, -0.25) is 19.4 Å². The number of anilines is 1. The molecule has 0 aliphatic carbocycles. The first-order valence-electron chi connectivity index (χ1n) is 24.8. The molecule has 10 rings (SSSR count). The lowest BCUT2D eigenvalue weighted by Crippen LogP contribution is -2.57. The van der Waals surface area contributed by atoms with Gasteiger partial charge in [0.15, 0.2) is 0 Å². The molecule has 23 heteroatoms. The van der Waals surface area contributed by atoms with Crippen LogP contribution in [0, 0.1) is 0 Å². The van der Waals surface area contributed by atoms with E-state index in [0.717, 1.165) is 27.6 Å². The molecule has 4 fully saturated rings. The van der Waals surface area contributed by atoms with E-state index in [4.69, 9.17) is 85.9 Å². The summed E-state index contributed by atoms with van der Waals surface area (Å²) in [6, 6.07) is 24.5. The van der Waals surface area contributed by atoms with Crippen LogP contribution in [0.5, 0.6) is 0 Å². The van der Waals surface area contributed by atoms with Gasteiger partial charge in [0, 0.05) is 114 Å². The third-order valence-corrected chi connectivity index (χ3v) is 14.9. The Morgan fingerprint density at radius 1 is 0.571 bits per heavy atom. The number of hydrogen-bond acceptors (Lipinski definition) is 13. The van der Waals surface area contributed by atoms with Gasteiger partial charge < -0.3 is 34.5 Å². The summed E-state index contributed by atoms with van der Waals surface area (Å²) in [6.45, 7) is 15.9. The van der Waals surface area contributed by atoms with Crippen LogP contribution in [0.2, 0.25) is 25.2 Å². The second kappa shape index (κ2) is 26.1. The van der Waals surface area contributed by atoms with E-state index in [1.54, 1.807) is 78.6 Å². The number of benzene rings is 4. The molecule has 77 heavy (non-hydrogen) atoms. The number of aliphatic hydroxyl groups is 2. The zero-order valence-electron chi connectivity index (χ0n) is 43.2. The van der Waals surface area contributed by atoms with Crippen LogP contribution < -0.4 is 4.90 Å². The van der Waals surface area contributed by atoms with Crippen molar-refractivity contribution < 1.29 is 29.3 Å². The average Bonchev–Trinajstić information content (AvgIpc) is 3.92. The molecule has 6 aromatic rings. The number of aromatic nitrogens is 4. The van der Waals surface area contributed by atoms with Crippen molar-refractivity contribution in [2.45, 2.75) is 63.5 Å². The minimum atomic E-state index is -1.03. The molecule has 0 spiro atoms. The van der Waals surface area contributed by atoms with Gasteiger partial charge in [-0.05, 0) is 120 Å². The van der Waals surface area contributed by atoms with Crippen molar-refractivity contribution in [1.82, 2.24) is 44.4 Å². The number of ether oxygens (including phenoxy) is 1. The summed E-state index contributed by atoms with van der Waals surface area (Å²) in [7, 11) is 0. The van der Waals surface area contributed by atoms with E-state index >= 15 is 0 Å². The lowest BCUT2D eigenvalue weighted by atomic mass is 9.98. The fraction of sp³-hybridized carbons (Fsp3) is 0.426. The number of halogens is 7. The van der Waals surface area contributed by atoms with Crippen LogP contribution in [0.4, 0.5) is 10.6 Å². The number of β-amino-alcohol motifs (C(OH)–C–C–N with tert-alkyl or cyclic N) is 2. The van der Waals surface area contributed by atoms with Crippen LogP contribution in [0.15, 0.2) is 97.6 Å². The Hall–Kier alpha value is -4.56. The summed E-state index contributed by atoms with van der Waals surface area (Å²) in [6.07, 6.45) is 2.55. The molecule has 0 saturated carbocycles. The maximum atomic E-state index is 12.8. The zero-order valence-corrected chi connectivity index (χ0v) is 48.5. The third-order valence-electron chi connectivity index (χ3n) is 13.6. The van der Waals surface area contributed by atoms with Gasteiger partial charge >= 0.3 is 6.09 Å². The van der Waals surface area contributed by atoms with Crippen molar-refractivity contribution in [2.75, 3.05) is 88.8 Å². The van der Waals surface area contributed by atoms with Crippen molar-refractivity contribution in [3.63, 3.8) is 0 Å². The second-order valence-electron chi connectivity index (χ2n) is 20.4. The van der Waals surface area contributed by atoms with Crippen LogP contribution in [0.3, 0.4) is 0 Å². The number of piperazine rings is 2. The molecule has 16 nitrogen and oxygen atoms in total. The number of rotatable bonds is 5. The minimum Gasteiger partial charge on any atom is -0.444 e. The Balaban J connectivity index is 0.000000178. The van der Waals surface area contributed by atoms with Gasteiger partial charge in [-0.1, -0.05) is 58.0 Å². The quantitative estimate of drug-likeness (QED) is 0.124. The fourth-order valence-electron chi connectivity index (χ4n) is 9.86. The number of fused-ring (bicyclic) bond motifs is 2. The van der Waals surface area contributed by atoms with Gasteiger partial charge in [0.1, 0.15) is 29.2 Å². The standard InChI is InChI=1S/C24H25Cl2N5O2.C21H30ClN3O4.C8H4Cl2N2.CH2Cl2/c1-24(33)14-31(22-19-7-6-18(26)12-20(19)27-15-28-22)13-21(24)29-8-10-30(11-9-29)23(32)16-2-4-17(25)5-3-16;1-20(2,3)29-19(27)25-13-17(21(4,28)14-25)23-9-11-24(12-10-23)18(26)15-5-7-16(22)8-6-15;9-5-1-2-6-7(3-5)11-4-12-8(6)10;2-1-3/h2-7,12,15,21,33H,8-11,13-14H2,1H3;5-8,17,28H,9-14H2,1-4H3;1-4H;1H2/t21-,24-;17-,21-;;/m11../s1. The van der Waals surface area contributed by atoms with Crippen molar-refractivity contribution in [1.29, 1.82) is 0 Å². The number of alkyl halides is 2. The first kappa shape index (κ1) is 60.1. The molecule has 2 N–H and O–H groups in total. The van der Waals surface area contributed by atoms with E-state index < -0.39 is 22.9 Å². The predicted octanol–water partition coefficient (Wildman–Crippen LogP) is 10.2. The largest absolute Gasteiger partial charge is 0.444 e. The molecule has 6 heterocycles. The third kappa shape index (κ3) is 15.6. The average molecular weight is 1190 g/mol. The molecule has 4 atom stereocenters. The molecular formula is C54H61Cl7N10O6. The van der Waals surface area contributed by atoms with E-state index in [0.29, 0.717) is 108 Å². The van der Waals surface area contributed by atoms with Gasteiger partial charge in [-0.15, -0.1) is 23.2 Å². The van der Waals surface area contributed by atoms with Gasteiger partial charge in [0.25, 0.3) is 11.8 Å². The second-order valence-corrected chi connectivity index (χ2v) is 23.4. The summed E-state index contributed by atoms with van der Waals surface area (Å²) in [5.74, 6) is 0.795. The van der Waals surface area contributed by atoms with Crippen molar-refractivity contribution in [3.8, 4) is 0 Å². The number of nitrogens with zero attached hydrogens (tertiary/aromatic N) is 10. The van der Waals surface area contributed by atoms with Gasteiger partial charge in [-0.25, -0.2) is 24.7 Å². The zero-order chi connectivity index (χ0) is 55.8. The van der Waals surface area contributed by atoms with E-state index in [-0.39, 0.29) is 35.8 Å². The number of carbonyl (C=O) groups excluding carboxylic acids is 3. The molecule has 4 aliphatic rings. The predicted molar refractivity (Wildman–Crippen MR) is 307 cm³/mol. The molecule has 0 unspecified atom stereocenters. The highest BCUT2D eigenvalue weighted by Gasteiger charge is 2.48. The van der Waals surface area contributed by atoms with Crippen LogP contribution in [0.25, 0.3) is 21.8 Å². The Morgan fingerprint density at radius 2 is 0.987 bits per heavy atom. The molecule has 412 valence electrons. The minimum absolute atomic E-state index is 0.0113. The van der Waals surface area contributed by atoms with E-state index in [9.17, 15) is 24.6 Å². The number of carbonyl (C=O) groups is 3. The SMILES string of the molecule is CC(C)(C)OC(=O)N1C[C@@H](N2CCN(C(=O)c3ccc(Cl)cc3)CC2)[C@](C)(O)C1.C[C@@]1(O)CN(c2ncnc3cc(Cl)ccc23)C[C@H]1N1CCN(C(=O)c2ccc(Cl)cc2)CC1.ClCCl.Clc1ccc2c(Cl)ncnc2c1. The monoisotopic (exact) mass is 1190 g/mol. The molecule has 4 aliphatic heterocycles. The van der Waals surface area contributed by atoms with E-state index in [1.165, 1.54) is 12.7 Å². The first-order chi connectivity index (χ1) is 36.5. The van der Waals surface area contributed by atoms with Gasteiger partial charge in [0.2, 0.25) is 0 Å². The van der Waals surface area contributed by atoms with Crippen LogP contribution >= 0.6 is 81.2 Å². The van der Waals surface area contributed by atoms with Gasteiger partial charge in [0.05, 0.1) is 46.2 Å². The van der Waals surface area contributed by atoms with Gasteiger partial charge in [-0.2, -0.15) is 0 Å². The molecule has 0 bridgehead atoms. The number of hydrogen-bond donors (Lipinski definition) is 2. The highest BCUT2D eigenvalue weighted by molar-refractivity contribution is 6.40. The topological polar surface area (TPSA) is 172 Å². The summed E-state index contributed by atoms with van der Waals surface area (Å²) in [4.78, 5) is 66.5. The number of amides is 3. The molecule has 3 amide bonds. The summed E-state index contributed by atoms with van der Waals surface area (Å²) < 4.78 is 5.45. The van der Waals surface area contributed by atoms with Crippen molar-refractivity contribution >= 4 is 127 Å². The summed E-state index contributed by atoms with van der Waals surface area (Å²) >= 11 is 39.1. The van der Waals surface area contributed by atoms with Crippen LogP contribution in [-0.2, 0) is 4.74 Å². The fourth-order valence-corrected chi connectivity index (χ4v) is 10.6. The smallest absolute Gasteiger partial charge is 0.410 e. The summed E-state index contributed by atoms with van der Waals surface area (Å²) in [5.41, 5.74) is 0.293. The molecule has 2 aromatic heterocycles. The Labute approximate surface area is 483 Å². The maximum absolute atomic E-state index is 12.8. The highest BCUT2D eigenvalue weighted by atomic mass is 35.5. The lowest BCUT2D eigenvalue weighted by Gasteiger charge is -2.41. The molecule has 4 aromatic carbocycles. The number of likely N-dealkylation sites (tertiary alicyclic amines) is 1. The van der Waals surface area contributed by atoms with E-state index in [2.05, 4.69) is 34.6 Å². The normalized spacial score (nSPS) is 21.9. The Morgan fingerprint density at radius 3 is 1.47 bits per heavy atom. The van der Waals surface area contributed by atoms with E-state index in [1.807, 2.05) is 55.7 Å².